The number of hydrogen-bond acceptors (Lipinski definition) is 6. The summed E-state index contributed by atoms with van der Waals surface area (Å²) in [6.07, 6.45) is 5.82. The number of aromatic amines is 1. The zero-order chi connectivity index (χ0) is 17.4. The van der Waals surface area contributed by atoms with E-state index in [9.17, 15) is 9.90 Å². The van der Waals surface area contributed by atoms with E-state index < -0.39 is 5.91 Å². The minimum absolute atomic E-state index is 0.00714. The Morgan fingerprint density at radius 3 is 2.96 bits per heavy atom. The Kier molecular flexibility index (Phi) is 4.14. The summed E-state index contributed by atoms with van der Waals surface area (Å²) >= 11 is 6.37. The van der Waals surface area contributed by atoms with Gasteiger partial charge in [-0.3, -0.25) is 4.79 Å². The van der Waals surface area contributed by atoms with Crippen molar-refractivity contribution in [3.8, 4) is 11.4 Å². The van der Waals surface area contributed by atoms with Crippen molar-refractivity contribution in [1.82, 2.24) is 25.4 Å². The first-order valence-corrected chi connectivity index (χ1v) is 8.44. The number of amides is 1. The van der Waals surface area contributed by atoms with Crippen molar-refractivity contribution >= 4 is 28.5 Å². The van der Waals surface area contributed by atoms with Crippen LogP contribution in [0.5, 0.6) is 0 Å². The Labute approximate surface area is 147 Å². The average Bonchev–Trinajstić information content (AvgIpc) is 3.26. The van der Waals surface area contributed by atoms with Gasteiger partial charge in [-0.2, -0.15) is 4.98 Å². The maximum absolute atomic E-state index is 12.3. The predicted octanol–water partition coefficient (Wildman–Crippen LogP) is 2.30. The summed E-state index contributed by atoms with van der Waals surface area (Å²) < 4.78 is 5.08. The molecule has 130 valence electrons. The van der Waals surface area contributed by atoms with Gasteiger partial charge in [0.1, 0.15) is 5.65 Å². The Hall–Kier alpha value is -2.45. The van der Waals surface area contributed by atoms with Gasteiger partial charge in [-0.1, -0.05) is 16.8 Å². The van der Waals surface area contributed by atoms with Gasteiger partial charge in [-0.15, -0.1) is 0 Å². The van der Waals surface area contributed by atoms with Crippen molar-refractivity contribution in [3.63, 3.8) is 0 Å². The van der Waals surface area contributed by atoms with Gasteiger partial charge in [-0.05, 0) is 31.7 Å². The molecule has 1 fully saturated rings. The third kappa shape index (κ3) is 3.10. The second kappa shape index (κ2) is 6.45. The molecule has 3 aromatic heterocycles. The van der Waals surface area contributed by atoms with Crippen LogP contribution in [0.1, 0.15) is 36.4 Å². The van der Waals surface area contributed by atoms with E-state index >= 15 is 0 Å². The summed E-state index contributed by atoms with van der Waals surface area (Å²) in [5, 5.41) is 17.4. The number of pyridine rings is 1. The van der Waals surface area contributed by atoms with Crippen molar-refractivity contribution in [2.75, 3.05) is 0 Å². The number of hydrogen-bond donors (Lipinski definition) is 3. The van der Waals surface area contributed by atoms with Crippen LogP contribution in [0.2, 0.25) is 5.02 Å². The van der Waals surface area contributed by atoms with Crippen LogP contribution >= 0.6 is 11.6 Å². The lowest BCUT2D eigenvalue weighted by Crippen LogP contribution is -2.38. The number of carbonyl (C=O) groups excluding carboxylic acids is 1. The number of nitrogens with zero attached hydrogens (tertiary/aromatic N) is 3. The van der Waals surface area contributed by atoms with Gasteiger partial charge in [0.2, 0.25) is 5.82 Å². The van der Waals surface area contributed by atoms with Crippen LogP contribution in [0.4, 0.5) is 0 Å². The molecule has 3 heterocycles. The zero-order valence-corrected chi connectivity index (χ0v) is 14.0. The van der Waals surface area contributed by atoms with E-state index in [0.717, 1.165) is 18.2 Å². The van der Waals surface area contributed by atoms with E-state index in [-0.39, 0.29) is 23.9 Å². The molecular weight excluding hydrogens is 346 g/mol. The molecule has 1 aliphatic carbocycles. The third-order valence-corrected chi connectivity index (χ3v) is 4.82. The van der Waals surface area contributed by atoms with Crippen molar-refractivity contribution in [2.24, 2.45) is 0 Å². The number of nitrogens with one attached hydrogen (secondary N) is 2. The first-order valence-electron chi connectivity index (χ1n) is 8.06. The summed E-state index contributed by atoms with van der Waals surface area (Å²) in [5.74, 6) is -0.330. The predicted molar refractivity (Wildman–Crippen MR) is 90.1 cm³/mol. The first-order chi connectivity index (χ1) is 12.1. The van der Waals surface area contributed by atoms with Gasteiger partial charge in [0.05, 0.1) is 16.7 Å². The summed E-state index contributed by atoms with van der Waals surface area (Å²) in [6, 6.07) is 1.81. The Bertz CT molecular complexity index is 914. The van der Waals surface area contributed by atoms with Crippen LogP contribution in [0.3, 0.4) is 0 Å². The molecule has 0 aliphatic heterocycles. The largest absolute Gasteiger partial charge is 0.393 e. The number of H-pyrrole nitrogens is 1. The highest BCUT2D eigenvalue weighted by Gasteiger charge is 2.24. The fourth-order valence-corrected chi connectivity index (χ4v) is 3.31. The maximum Gasteiger partial charge on any atom is 0.316 e. The van der Waals surface area contributed by atoms with E-state index in [1.807, 2.05) is 0 Å². The van der Waals surface area contributed by atoms with E-state index in [1.54, 1.807) is 12.3 Å². The van der Waals surface area contributed by atoms with Crippen molar-refractivity contribution in [3.05, 3.63) is 29.4 Å². The van der Waals surface area contributed by atoms with Crippen LogP contribution in [0, 0.1) is 0 Å². The van der Waals surface area contributed by atoms with Crippen molar-refractivity contribution in [1.29, 1.82) is 0 Å². The van der Waals surface area contributed by atoms with Crippen LogP contribution in [-0.4, -0.2) is 43.3 Å². The topological polar surface area (TPSA) is 117 Å². The minimum atomic E-state index is -0.424. The average molecular weight is 362 g/mol. The van der Waals surface area contributed by atoms with Gasteiger partial charge in [0.15, 0.2) is 0 Å². The quantitative estimate of drug-likeness (QED) is 0.659. The lowest BCUT2D eigenvalue weighted by Gasteiger charge is -2.25. The van der Waals surface area contributed by atoms with Crippen LogP contribution in [0.25, 0.3) is 22.4 Å². The van der Waals surface area contributed by atoms with Crippen LogP contribution < -0.4 is 5.32 Å². The molecule has 3 aromatic rings. The highest BCUT2D eigenvalue weighted by molar-refractivity contribution is 6.37. The fourth-order valence-electron chi connectivity index (χ4n) is 3.02. The van der Waals surface area contributed by atoms with Gasteiger partial charge in [0.25, 0.3) is 0 Å². The molecule has 0 radical (unpaired) electrons. The number of fused-ring (bicyclic) bond motifs is 1. The smallest absolute Gasteiger partial charge is 0.316 e. The van der Waals surface area contributed by atoms with Gasteiger partial charge in [-0.25, -0.2) is 4.98 Å². The Balaban J connectivity index is 1.53. The SMILES string of the molecule is O=C(N[C@H]1CC[C@H](O)CC1)c1nc(-c2cnc3[nH]ccc3c2Cl)no1. The number of halogens is 1. The molecule has 25 heavy (non-hydrogen) atoms. The molecule has 3 N–H and O–H groups in total. The third-order valence-electron chi connectivity index (χ3n) is 4.41. The Morgan fingerprint density at radius 1 is 1.36 bits per heavy atom. The molecule has 0 bridgehead atoms. The lowest BCUT2D eigenvalue weighted by atomic mass is 9.93. The Morgan fingerprint density at radius 2 is 2.16 bits per heavy atom. The monoisotopic (exact) mass is 361 g/mol. The molecule has 0 spiro atoms. The number of rotatable bonds is 3. The molecule has 1 saturated carbocycles. The number of aromatic nitrogens is 4. The molecule has 8 nitrogen and oxygen atoms in total. The van der Waals surface area contributed by atoms with E-state index in [1.165, 1.54) is 6.20 Å². The van der Waals surface area contributed by atoms with Crippen LogP contribution in [0.15, 0.2) is 23.0 Å². The number of aliphatic hydroxyl groups is 1. The first kappa shape index (κ1) is 16.0. The summed E-state index contributed by atoms with van der Waals surface area (Å²) in [5.41, 5.74) is 1.16. The molecule has 0 aromatic carbocycles. The summed E-state index contributed by atoms with van der Waals surface area (Å²) in [6.45, 7) is 0. The van der Waals surface area contributed by atoms with Crippen molar-refractivity contribution in [2.45, 2.75) is 37.8 Å². The van der Waals surface area contributed by atoms with Crippen molar-refractivity contribution < 1.29 is 14.4 Å². The maximum atomic E-state index is 12.3. The van der Waals surface area contributed by atoms with E-state index in [2.05, 4.69) is 25.4 Å². The van der Waals surface area contributed by atoms with E-state index in [4.69, 9.17) is 16.1 Å². The zero-order valence-electron chi connectivity index (χ0n) is 13.2. The summed E-state index contributed by atoms with van der Waals surface area (Å²) in [7, 11) is 0. The standard InChI is InChI=1S/C16H16ClN5O3/c17-12-10-5-6-18-13(10)19-7-11(12)14-21-16(25-22-14)15(24)20-8-1-3-9(23)4-2-8/h5-9,23H,1-4H2,(H,18,19)(H,20,24)/t8-,9-. The van der Waals surface area contributed by atoms with Gasteiger partial charge >= 0.3 is 11.8 Å². The molecule has 4 rings (SSSR count). The molecule has 9 heteroatoms. The number of carbonyl (C=O) groups is 1. The highest BCUT2D eigenvalue weighted by Crippen LogP contribution is 2.31. The lowest BCUT2D eigenvalue weighted by molar-refractivity contribution is 0.0829. The molecular formula is C16H16ClN5O3. The van der Waals surface area contributed by atoms with Gasteiger partial charge < -0.3 is 19.9 Å². The molecule has 0 unspecified atom stereocenters. The highest BCUT2D eigenvalue weighted by atomic mass is 35.5. The molecule has 1 amide bonds. The van der Waals surface area contributed by atoms with Gasteiger partial charge in [0, 0.05) is 23.8 Å². The summed E-state index contributed by atoms with van der Waals surface area (Å²) in [4.78, 5) is 23.6. The fraction of sp³-hybridized carbons (Fsp3) is 0.375. The minimum Gasteiger partial charge on any atom is -0.393 e. The second-order valence-electron chi connectivity index (χ2n) is 6.13. The number of aliphatic hydroxyl groups excluding tert-OH is 1. The normalized spacial score (nSPS) is 20.7. The molecule has 1 aliphatic rings. The molecule has 0 saturated heterocycles. The van der Waals surface area contributed by atoms with E-state index in [0.29, 0.717) is 29.1 Å². The second-order valence-corrected chi connectivity index (χ2v) is 6.51. The molecule has 0 atom stereocenters. The van der Waals surface area contributed by atoms with Crippen LogP contribution in [-0.2, 0) is 0 Å².